The topological polar surface area (TPSA) is 58.6 Å². The van der Waals surface area contributed by atoms with Crippen molar-refractivity contribution in [2.75, 3.05) is 17.3 Å². The predicted molar refractivity (Wildman–Crippen MR) is 95.3 cm³/mol. The van der Waals surface area contributed by atoms with Gasteiger partial charge in [-0.1, -0.05) is 31.2 Å². The van der Waals surface area contributed by atoms with Gasteiger partial charge in [-0.25, -0.2) is 0 Å². The third-order valence-corrected chi connectivity index (χ3v) is 3.66. The number of nitrogens with one attached hydrogen (secondary N) is 1. The van der Waals surface area contributed by atoms with E-state index in [2.05, 4.69) is 5.32 Å². The second kappa shape index (κ2) is 8.15. The third kappa shape index (κ3) is 4.59. The Kier molecular flexibility index (Phi) is 5.95. The van der Waals surface area contributed by atoms with Gasteiger partial charge in [-0.2, -0.15) is 0 Å². The standard InChI is InChI=1S/C19H22N2O3/c1-4-18(24-17-11-6-5-7-12-17)19(23)20-15-9-8-10-16(13-15)21(3)14(2)22/h5-13,18H,4H2,1-3H3,(H,20,23). The molecule has 2 amide bonds. The van der Waals surface area contributed by atoms with Crippen LogP contribution in [0.3, 0.4) is 0 Å². The molecule has 2 aromatic rings. The van der Waals surface area contributed by atoms with Gasteiger partial charge in [0.25, 0.3) is 5.91 Å². The van der Waals surface area contributed by atoms with E-state index in [-0.39, 0.29) is 11.8 Å². The first-order chi connectivity index (χ1) is 11.5. The zero-order chi connectivity index (χ0) is 17.5. The van der Waals surface area contributed by atoms with Crippen molar-refractivity contribution in [3.05, 3.63) is 54.6 Å². The molecule has 0 saturated heterocycles. The number of nitrogens with zero attached hydrogens (tertiary/aromatic N) is 1. The number of ether oxygens (including phenoxy) is 1. The first kappa shape index (κ1) is 17.5. The van der Waals surface area contributed by atoms with Crippen LogP contribution in [0.5, 0.6) is 5.75 Å². The lowest BCUT2D eigenvalue weighted by molar-refractivity contribution is -0.122. The molecule has 5 nitrogen and oxygen atoms in total. The summed E-state index contributed by atoms with van der Waals surface area (Å²) in [6.45, 7) is 3.39. The van der Waals surface area contributed by atoms with Crippen LogP contribution in [0.2, 0.25) is 0 Å². The Morgan fingerprint density at radius 3 is 2.46 bits per heavy atom. The summed E-state index contributed by atoms with van der Waals surface area (Å²) < 4.78 is 5.74. The summed E-state index contributed by atoms with van der Waals surface area (Å²) in [7, 11) is 1.69. The Morgan fingerprint density at radius 1 is 1.12 bits per heavy atom. The van der Waals surface area contributed by atoms with E-state index < -0.39 is 6.10 Å². The molecule has 1 unspecified atom stereocenters. The number of benzene rings is 2. The van der Waals surface area contributed by atoms with Gasteiger partial charge in [-0.05, 0) is 36.8 Å². The Bertz CT molecular complexity index is 701. The van der Waals surface area contributed by atoms with Crippen molar-refractivity contribution in [3.63, 3.8) is 0 Å². The molecule has 0 radical (unpaired) electrons. The Hall–Kier alpha value is -2.82. The molecule has 0 bridgehead atoms. The summed E-state index contributed by atoms with van der Waals surface area (Å²) in [5.74, 6) is 0.367. The van der Waals surface area contributed by atoms with Gasteiger partial charge in [-0.15, -0.1) is 0 Å². The second-order valence-electron chi connectivity index (χ2n) is 5.45. The average Bonchev–Trinajstić information content (AvgIpc) is 2.59. The predicted octanol–water partition coefficient (Wildman–Crippen LogP) is 3.47. The number of para-hydroxylation sites is 1. The van der Waals surface area contributed by atoms with Crippen LogP contribution in [0.1, 0.15) is 20.3 Å². The maximum atomic E-state index is 12.4. The average molecular weight is 326 g/mol. The third-order valence-electron chi connectivity index (χ3n) is 3.66. The number of carbonyl (C=O) groups excluding carboxylic acids is 2. The Balaban J connectivity index is 2.07. The number of carbonyl (C=O) groups is 2. The van der Waals surface area contributed by atoms with Gasteiger partial charge in [0.05, 0.1) is 0 Å². The summed E-state index contributed by atoms with van der Waals surface area (Å²) in [6.07, 6.45) is -0.0325. The van der Waals surface area contributed by atoms with Gasteiger partial charge in [0.2, 0.25) is 5.91 Å². The fraction of sp³-hybridized carbons (Fsp3) is 0.263. The fourth-order valence-electron chi connectivity index (χ4n) is 2.18. The van der Waals surface area contributed by atoms with Crippen LogP contribution in [-0.2, 0) is 9.59 Å². The fourth-order valence-corrected chi connectivity index (χ4v) is 2.18. The van der Waals surface area contributed by atoms with Crippen LogP contribution in [0, 0.1) is 0 Å². The summed E-state index contributed by atoms with van der Waals surface area (Å²) in [5.41, 5.74) is 1.35. The van der Waals surface area contributed by atoms with Crippen molar-refractivity contribution in [2.45, 2.75) is 26.4 Å². The van der Waals surface area contributed by atoms with E-state index in [0.29, 0.717) is 17.9 Å². The van der Waals surface area contributed by atoms with Crippen molar-refractivity contribution in [3.8, 4) is 5.75 Å². The molecule has 1 N–H and O–H groups in total. The first-order valence-electron chi connectivity index (χ1n) is 7.88. The lowest BCUT2D eigenvalue weighted by Gasteiger charge is -2.19. The second-order valence-corrected chi connectivity index (χ2v) is 5.45. The van der Waals surface area contributed by atoms with E-state index in [1.807, 2.05) is 43.3 Å². The molecule has 24 heavy (non-hydrogen) atoms. The first-order valence-corrected chi connectivity index (χ1v) is 7.88. The lowest BCUT2D eigenvalue weighted by atomic mass is 10.2. The largest absolute Gasteiger partial charge is 0.481 e. The highest BCUT2D eigenvalue weighted by atomic mass is 16.5. The molecular weight excluding hydrogens is 304 g/mol. The van der Waals surface area contributed by atoms with Gasteiger partial charge in [-0.3, -0.25) is 9.59 Å². The van der Waals surface area contributed by atoms with E-state index in [0.717, 1.165) is 5.69 Å². The minimum atomic E-state index is -0.582. The number of rotatable bonds is 6. The van der Waals surface area contributed by atoms with Crippen LogP contribution in [0.15, 0.2) is 54.6 Å². The molecule has 0 saturated carbocycles. The van der Waals surface area contributed by atoms with Crippen molar-refractivity contribution < 1.29 is 14.3 Å². The van der Waals surface area contributed by atoms with Crippen LogP contribution in [0.25, 0.3) is 0 Å². The molecule has 0 spiro atoms. The van der Waals surface area contributed by atoms with Crippen molar-refractivity contribution >= 4 is 23.2 Å². The molecule has 0 aromatic heterocycles. The highest BCUT2D eigenvalue weighted by Gasteiger charge is 2.18. The molecule has 5 heteroatoms. The van der Waals surface area contributed by atoms with Crippen LogP contribution in [-0.4, -0.2) is 25.0 Å². The molecule has 0 aliphatic carbocycles. The van der Waals surface area contributed by atoms with Gasteiger partial charge in [0, 0.05) is 25.3 Å². The number of hydrogen-bond acceptors (Lipinski definition) is 3. The quantitative estimate of drug-likeness (QED) is 0.884. The molecule has 0 fully saturated rings. The summed E-state index contributed by atoms with van der Waals surface area (Å²) >= 11 is 0. The van der Waals surface area contributed by atoms with Gasteiger partial charge in [0.1, 0.15) is 5.75 Å². The van der Waals surface area contributed by atoms with Gasteiger partial charge in [0.15, 0.2) is 6.10 Å². The van der Waals surface area contributed by atoms with E-state index in [9.17, 15) is 9.59 Å². The Labute approximate surface area is 142 Å². The molecular formula is C19H22N2O3. The van der Waals surface area contributed by atoms with Gasteiger partial charge >= 0.3 is 0 Å². The van der Waals surface area contributed by atoms with Crippen molar-refractivity contribution in [1.82, 2.24) is 0 Å². The zero-order valence-corrected chi connectivity index (χ0v) is 14.2. The SMILES string of the molecule is CCC(Oc1ccccc1)C(=O)Nc1cccc(N(C)C(C)=O)c1. The molecule has 2 aromatic carbocycles. The normalized spacial score (nSPS) is 11.5. The van der Waals surface area contributed by atoms with E-state index in [4.69, 9.17) is 4.74 Å². The maximum Gasteiger partial charge on any atom is 0.265 e. The summed E-state index contributed by atoms with van der Waals surface area (Å²) in [6, 6.07) is 16.4. The van der Waals surface area contributed by atoms with Crippen LogP contribution < -0.4 is 15.0 Å². The maximum absolute atomic E-state index is 12.4. The molecule has 0 heterocycles. The van der Waals surface area contributed by atoms with Gasteiger partial charge < -0.3 is 15.0 Å². The van der Waals surface area contributed by atoms with E-state index in [1.54, 1.807) is 25.2 Å². The van der Waals surface area contributed by atoms with Crippen molar-refractivity contribution in [1.29, 1.82) is 0 Å². The highest BCUT2D eigenvalue weighted by molar-refractivity contribution is 5.96. The highest BCUT2D eigenvalue weighted by Crippen LogP contribution is 2.20. The van der Waals surface area contributed by atoms with E-state index in [1.165, 1.54) is 11.8 Å². The monoisotopic (exact) mass is 326 g/mol. The number of anilines is 2. The molecule has 1 atom stereocenters. The molecule has 2 rings (SSSR count). The molecule has 0 aliphatic heterocycles. The van der Waals surface area contributed by atoms with Crippen molar-refractivity contribution in [2.24, 2.45) is 0 Å². The van der Waals surface area contributed by atoms with Crippen LogP contribution >= 0.6 is 0 Å². The lowest BCUT2D eigenvalue weighted by Crippen LogP contribution is -2.32. The molecule has 0 aliphatic rings. The smallest absolute Gasteiger partial charge is 0.265 e. The minimum Gasteiger partial charge on any atom is -0.481 e. The minimum absolute atomic E-state index is 0.0719. The summed E-state index contributed by atoms with van der Waals surface area (Å²) in [4.78, 5) is 25.4. The molecule has 126 valence electrons. The zero-order valence-electron chi connectivity index (χ0n) is 14.2. The van der Waals surface area contributed by atoms with E-state index >= 15 is 0 Å². The summed E-state index contributed by atoms with van der Waals surface area (Å²) in [5, 5.41) is 2.85. The number of amides is 2. The van der Waals surface area contributed by atoms with Crippen LogP contribution in [0.4, 0.5) is 11.4 Å². The number of hydrogen-bond donors (Lipinski definition) is 1. The Morgan fingerprint density at radius 2 is 1.83 bits per heavy atom.